The quantitative estimate of drug-likeness (QED) is 0.770. The molecule has 1 heterocycles. The van der Waals surface area contributed by atoms with Gasteiger partial charge in [-0.15, -0.1) is 0 Å². The first-order valence-corrected chi connectivity index (χ1v) is 9.82. The molecule has 0 amide bonds. The second-order valence-electron chi connectivity index (χ2n) is 7.05. The highest BCUT2D eigenvalue weighted by molar-refractivity contribution is 7.80. The van der Waals surface area contributed by atoms with Gasteiger partial charge in [-0.2, -0.15) is 0 Å². The van der Waals surface area contributed by atoms with E-state index in [2.05, 4.69) is 48.3 Å². The Balaban J connectivity index is 1.95. The molecule has 28 heavy (non-hydrogen) atoms. The minimum Gasteiger partial charge on any atom is -0.493 e. The Bertz CT molecular complexity index is 849. The summed E-state index contributed by atoms with van der Waals surface area (Å²) in [5, 5.41) is 3.83. The highest BCUT2D eigenvalue weighted by Crippen LogP contribution is 2.38. The Labute approximate surface area is 172 Å². The molecular weight excluding hydrogens is 372 g/mol. The molecule has 150 valence electrons. The normalized spacial score (nSPS) is 15.6. The number of ether oxygens (including phenoxy) is 3. The van der Waals surface area contributed by atoms with Crippen LogP contribution in [0, 0.1) is 13.8 Å². The Morgan fingerprint density at radius 1 is 1.07 bits per heavy atom. The van der Waals surface area contributed by atoms with Crippen LogP contribution in [0.1, 0.15) is 28.3 Å². The molecule has 1 aliphatic heterocycles. The molecule has 0 bridgehead atoms. The van der Waals surface area contributed by atoms with E-state index in [1.807, 2.05) is 13.1 Å². The monoisotopic (exact) mass is 400 g/mol. The first-order chi connectivity index (χ1) is 13.5. The van der Waals surface area contributed by atoms with E-state index >= 15 is 0 Å². The lowest BCUT2D eigenvalue weighted by Crippen LogP contribution is -2.46. The summed E-state index contributed by atoms with van der Waals surface area (Å²) in [6, 6.07) is 10.4. The molecule has 0 radical (unpaired) electrons. The van der Waals surface area contributed by atoms with Gasteiger partial charge in [-0.1, -0.05) is 6.07 Å². The lowest BCUT2D eigenvalue weighted by atomic mass is 9.92. The first-order valence-electron chi connectivity index (χ1n) is 9.41. The van der Waals surface area contributed by atoms with Gasteiger partial charge in [-0.05, 0) is 79.0 Å². The van der Waals surface area contributed by atoms with E-state index in [-0.39, 0.29) is 6.04 Å². The molecule has 0 spiro atoms. The molecule has 1 N–H and O–H groups in total. The number of methoxy groups -OCH3 is 2. The van der Waals surface area contributed by atoms with Gasteiger partial charge in [0.1, 0.15) is 12.4 Å². The summed E-state index contributed by atoms with van der Waals surface area (Å²) in [5.74, 6) is 2.34. The second kappa shape index (κ2) is 8.69. The molecular formula is C22H28N2O3S. The maximum atomic E-state index is 6.22. The standard InChI is InChI=1S/C22H28N2O3S/c1-14-8-15(2)10-17(9-14)27-13-19-18-12-21(26-5)20(25-4)11-16(18)6-7-24(19)22(28)23-3/h8-12,19H,6-7,13H2,1-5H3,(H,23,28). The van der Waals surface area contributed by atoms with Crippen LogP contribution in [0.5, 0.6) is 17.2 Å². The summed E-state index contributed by atoms with van der Waals surface area (Å²) in [5.41, 5.74) is 4.77. The van der Waals surface area contributed by atoms with Gasteiger partial charge in [0.2, 0.25) is 0 Å². The predicted molar refractivity (Wildman–Crippen MR) is 116 cm³/mol. The van der Waals surface area contributed by atoms with Crippen LogP contribution in [-0.2, 0) is 6.42 Å². The number of hydrogen-bond donors (Lipinski definition) is 1. The summed E-state index contributed by atoms with van der Waals surface area (Å²) in [6.07, 6.45) is 0.886. The van der Waals surface area contributed by atoms with Crippen molar-refractivity contribution in [3.63, 3.8) is 0 Å². The van der Waals surface area contributed by atoms with Crippen molar-refractivity contribution in [1.82, 2.24) is 10.2 Å². The maximum Gasteiger partial charge on any atom is 0.169 e. The Kier molecular flexibility index (Phi) is 6.29. The zero-order valence-electron chi connectivity index (χ0n) is 17.2. The first kappa shape index (κ1) is 20.3. The van der Waals surface area contributed by atoms with E-state index in [1.165, 1.54) is 16.7 Å². The Morgan fingerprint density at radius 3 is 2.32 bits per heavy atom. The number of benzene rings is 2. The van der Waals surface area contributed by atoms with Crippen LogP contribution < -0.4 is 19.5 Å². The summed E-state index contributed by atoms with van der Waals surface area (Å²) < 4.78 is 17.2. The minimum atomic E-state index is -0.00988. The van der Waals surface area contributed by atoms with Crippen LogP contribution >= 0.6 is 12.2 Å². The molecule has 0 fully saturated rings. The van der Waals surface area contributed by atoms with Gasteiger partial charge in [-0.3, -0.25) is 0 Å². The van der Waals surface area contributed by atoms with Crippen molar-refractivity contribution >= 4 is 17.3 Å². The molecule has 0 aromatic heterocycles. The smallest absolute Gasteiger partial charge is 0.169 e. The zero-order valence-corrected chi connectivity index (χ0v) is 18.0. The van der Waals surface area contributed by atoms with E-state index < -0.39 is 0 Å². The molecule has 1 atom stereocenters. The number of rotatable bonds is 5. The number of nitrogens with one attached hydrogen (secondary N) is 1. The van der Waals surface area contributed by atoms with Crippen LogP contribution in [0.3, 0.4) is 0 Å². The third kappa shape index (κ3) is 4.17. The number of fused-ring (bicyclic) bond motifs is 1. The number of aryl methyl sites for hydroxylation is 2. The summed E-state index contributed by atoms with van der Waals surface area (Å²) in [4.78, 5) is 2.19. The highest BCUT2D eigenvalue weighted by atomic mass is 32.1. The van der Waals surface area contributed by atoms with E-state index in [1.54, 1.807) is 14.2 Å². The van der Waals surface area contributed by atoms with E-state index in [4.69, 9.17) is 26.4 Å². The van der Waals surface area contributed by atoms with E-state index in [0.717, 1.165) is 40.9 Å². The van der Waals surface area contributed by atoms with Crippen molar-refractivity contribution in [3.05, 3.63) is 52.6 Å². The predicted octanol–water partition coefficient (Wildman–Crippen LogP) is 3.80. The lowest BCUT2D eigenvalue weighted by molar-refractivity contribution is 0.187. The van der Waals surface area contributed by atoms with E-state index in [9.17, 15) is 0 Å². The van der Waals surface area contributed by atoms with Crippen molar-refractivity contribution in [2.24, 2.45) is 0 Å². The van der Waals surface area contributed by atoms with Gasteiger partial charge in [0.15, 0.2) is 16.6 Å². The van der Waals surface area contributed by atoms with Crippen molar-refractivity contribution in [2.45, 2.75) is 26.3 Å². The fraction of sp³-hybridized carbons (Fsp3) is 0.409. The molecule has 3 rings (SSSR count). The third-order valence-corrected chi connectivity index (χ3v) is 5.52. The fourth-order valence-electron chi connectivity index (χ4n) is 3.79. The highest BCUT2D eigenvalue weighted by Gasteiger charge is 2.31. The topological polar surface area (TPSA) is 43.0 Å². The molecule has 0 saturated carbocycles. The van der Waals surface area contributed by atoms with Crippen molar-refractivity contribution in [3.8, 4) is 17.2 Å². The average molecular weight is 401 g/mol. The number of nitrogens with zero attached hydrogens (tertiary/aromatic N) is 1. The summed E-state index contributed by atoms with van der Waals surface area (Å²) >= 11 is 5.57. The van der Waals surface area contributed by atoms with Gasteiger partial charge in [0.05, 0.1) is 20.3 Å². The van der Waals surface area contributed by atoms with Gasteiger partial charge in [-0.25, -0.2) is 0 Å². The molecule has 2 aromatic carbocycles. The molecule has 6 heteroatoms. The Morgan fingerprint density at radius 2 is 1.71 bits per heavy atom. The van der Waals surface area contributed by atoms with Crippen LogP contribution in [0.4, 0.5) is 0 Å². The summed E-state index contributed by atoms with van der Waals surface area (Å²) in [6.45, 7) is 5.47. The molecule has 1 aliphatic rings. The van der Waals surface area contributed by atoms with Gasteiger partial charge in [0, 0.05) is 13.6 Å². The van der Waals surface area contributed by atoms with Gasteiger partial charge in [0.25, 0.3) is 0 Å². The average Bonchev–Trinajstić information content (AvgIpc) is 2.69. The zero-order chi connectivity index (χ0) is 20.3. The van der Waals surface area contributed by atoms with Crippen LogP contribution in [-0.4, -0.2) is 44.4 Å². The fourth-order valence-corrected chi connectivity index (χ4v) is 4.00. The molecule has 5 nitrogen and oxygen atoms in total. The summed E-state index contributed by atoms with van der Waals surface area (Å²) in [7, 11) is 5.18. The Hall–Kier alpha value is -2.47. The van der Waals surface area contributed by atoms with Crippen LogP contribution in [0.15, 0.2) is 30.3 Å². The van der Waals surface area contributed by atoms with Crippen LogP contribution in [0.25, 0.3) is 0 Å². The molecule has 1 unspecified atom stereocenters. The second-order valence-corrected chi connectivity index (χ2v) is 7.44. The third-order valence-electron chi connectivity index (χ3n) is 5.08. The van der Waals surface area contributed by atoms with Gasteiger partial charge < -0.3 is 24.4 Å². The van der Waals surface area contributed by atoms with Crippen molar-refractivity contribution < 1.29 is 14.2 Å². The van der Waals surface area contributed by atoms with Gasteiger partial charge >= 0.3 is 0 Å². The lowest BCUT2D eigenvalue weighted by Gasteiger charge is -2.39. The van der Waals surface area contributed by atoms with E-state index in [0.29, 0.717) is 6.61 Å². The number of thiocarbonyl (C=S) groups is 1. The molecule has 0 saturated heterocycles. The maximum absolute atomic E-state index is 6.22. The largest absolute Gasteiger partial charge is 0.493 e. The van der Waals surface area contributed by atoms with Crippen molar-refractivity contribution in [2.75, 3.05) is 34.4 Å². The molecule has 2 aromatic rings. The molecule has 0 aliphatic carbocycles. The number of hydrogen-bond acceptors (Lipinski definition) is 4. The minimum absolute atomic E-state index is 0.00988. The SMILES string of the molecule is CNC(=S)N1CCc2cc(OC)c(OC)cc2C1COc1cc(C)cc(C)c1. The van der Waals surface area contributed by atoms with Crippen molar-refractivity contribution in [1.29, 1.82) is 0 Å². The van der Waals surface area contributed by atoms with Crippen LogP contribution in [0.2, 0.25) is 0 Å².